The molecule has 20 heavy (non-hydrogen) atoms. The van der Waals surface area contributed by atoms with Gasteiger partial charge in [-0.1, -0.05) is 24.6 Å². The fourth-order valence-corrected chi connectivity index (χ4v) is 6.30. The van der Waals surface area contributed by atoms with E-state index >= 15 is 0 Å². The highest BCUT2D eigenvalue weighted by atomic mass is 79.9. The molecule has 2 fully saturated rings. The molecule has 1 aromatic rings. The molecule has 0 aliphatic heterocycles. The first-order chi connectivity index (χ1) is 9.50. The molecule has 2 bridgehead atoms. The summed E-state index contributed by atoms with van der Waals surface area (Å²) in [7, 11) is -3.63. The minimum atomic E-state index is -3.63. The second-order valence-corrected chi connectivity index (χ2v) is 8.84. The van der Waals surface area contributed by atoms with Crippen molar-refractivity contribution < 1.29 is 13.5 Å². The van der Waals surface area contributed by atoms with Gasteiger partial charge in [-0.15, -0.1) is 3.33 Å². The Morgan fingerprint density at radius 2 is 2.00 bits per heavy atom. The van der Waals surface area contributed by atoms with E-state index in [4.69, 9.17) is 0 Å². The third kappa shape index (κ3) is 2.04. The maximum atomic E-state index is 12.7. The van der Waals surface area contributed by atoms with Gasteiger partial charge in [0.25, 0.3) is 10.0 Å². The molecule has 2 saturated carbocycles. The van der Waals surface area contributed by atoms with Crippen LogP contribution in [-0.4, -0.2) is 29.0 Å². The van der Waals surface area contributed by atoms with Crippen molar-refractivity contribution in [1.29, 1.82) is 0 Å². The Balaban J connectivity index is 1.97. The summed E-state index contributed by atoms with van der Waals surface area (Å²) in [5, 5.41) is 9.88. The Bertz CT molecular complexity index is 592. The molecule has 1 aromatic carbocycles. The van der Waals surface area contributed by atoms with E-state index in [2.05, 4.69) is 16.1 Å². The summed E-state index contributed by atoms with van der Waals surface area (Å²) in [5.74, 6) is 0.786. The van der Waals surface area contributed by atoms with Crippen LogP contribution in [0.3, 0.4) is 0 Å². The molecule has 0 saturated heterocycles. The minimum absolute atomic E-state index is 0.133. The van der Waals surface area contributed by atoms with Crippen molar-refractivity contribution in [2.45, 2.75) is 36.1 Å². The maximum absolute atomic E-state index is 12.7. The van der Waals surface area contributed by atoms with Gasteiger partial charge in [0.05, 0.1) is 17.0 Å². The summed E-state index contributed by atoms with van der Waals surface area (Å²) in [6.45, 7) is -0.133. The average Bonchev–Trinajstić information content (AvgIpc) is 3.08. The molecule has 6 heteroatoms. The lowest BCUT2D eigenvalue weighted by Gasteiger charge is -2.41. The van der Waals surface area contributed by atoms with Gasteiger partial charge in [-0.05, 0) is 43.2 Å². The van der Waals surface area contributed by atoms with Crippen LogP contribution in [0.25, 0.3) is 0 Å². The normalized spacial score (nSPS) is 33.0. The number of hydrogen-bond donors (Lipinski definition) is 1. The third-order valence-electron chi connectivity index (χ3n) is 4.82. The second kappa shape index (κ2) is 5.09. The summed E-state index contributed by atoms with van der Waals surface area (Å²) in [6.07, 6.45) is 3.91. The molecular weight excluding hydrogens is 342 g/mol. The van der Waals surface area contributed by atoms with Crippen LogP contribution >= 0.6 is 16.1 Å². The number of halogens is 1. The summed E-state index contributed by atoms with van der Waals surface area (Å²) >= 11 is 3.27. The minimum Gasteiger partial charge on any atom is -0.394 e. The Labute approximate surface area is 128 Å². The van der Waals surface area contributed by atoms with Gasteiger partial charge in [0.1, 0.15) is 0 Å². The monoisotopic (exact) mass is 359 g/mol. The molecule has 0 amide bonds. The van der Waals surface area contributed by atoms with E-state index in [1.165, 1.54) is 3.33 Å². The Morgan fingerprint density at radius 3 is 2.50 bits per heavy atom. The van der Waals surface area contributed by atoms with Crippen molar-refractivity contribution in [2.75, 3.05) is 6.61 Å². The number of aliphatic hydroxyl groups is 1. The van der Waals surface area contributed by atoms with Crippen molar-refractivity contribution in [3.8, 4) is 0 Å². The highest BCUT2D eigenvalue weighted by Crippen LogP contribution is 2.55. The molecular formula is C14H18BrNO3S. The Hall–Kier alpha value is -0.430. The summed E-state index contributed by atoms with van der Waals surface area (Å²) in [5.41, 5.74) is -0.683. The van der Waals surface area contributed by atoms with E-state index in [0.717, 1.165) is 25.7 Å². The van der Waals surface area contributed by atoms with Gasteiger partial charge in [0.2, 0.25) is 0 Å². The molecule has 3 unspecified atom stereocenters. The largest absolute Gasteiger partial charge is 0.394 e. The molecule has 0 aromatic heterocycles. The van der Waals surface area contributed by atoms with Gasteiger partial charge in [0, 0.05) is 16.1 Å². The first-order valence-electron chi connectivity index (χ1n) is 6.88. The van der Waals surface area contributed by atoms with Crippen LogP contribution in [0.4, 0.5) is 0 Å². The quantitative estimate of drug-likeness (QED) is 0.840. The van der Waals surface area contributed by atoms with E-state index in [9.17, 15) is 13.5 Å². The smallest absolute Gasteiger partial charge is 0.253 e. The van der Waals surface area contributed by atoms with Crippen LogP contribution < -0.4 is 0 Å². The topological polar surface area (TPSA) is 57.6 Å². The first-order valence-corrected chi connectivity index (χ1v) is 9.03. The average molecular weight is 360 g/mol. The van der Waals surface area contributed by atoms with Crippen molar-refractivity contribution in [3.05, 3.63) is 30.3 Å². The van der Waals surface area contributed by atoms with E-state index < -0.39 is 15.6 Å². The van der Waals surface area contributed by atoms with Gasteiger partial charge in [0.15, 0.2) is 0 Å². The standard InChI is InChI=1S/C14H18BrNO3S/c15-16(20(18,19)13-4-2-1-3-5-13)14(10-17)9-11-6-7-12(14)8-11/h1-5,11-12,17H,6-10H2. The van der Waals surface area contributed by atoms with Gasteiger partial charge in [-0.2, -0.15) is 0 Å². The molecule has 4 nitrogen and oxygen atoms in total. The lowest BCUT2D eigenvalue weighted by atomic mass is 9.82. The van der Waals surface area contributed by atoms with Crippen molar-refractivity contribution in [3.63, 3.8) is 0 Å². The number of benzene rings is 1. The lowest BCUT2D eigenvalue weighted by Crippen LogP contribution is -2.52. The van der Waals surface area contributed by atoms with E-state index in [1.807, 2.05) is 0 Å². The zero-order chi connectivity index (χ0) is 14.4. The molecule has 110 valence electrons. The van der Waals surface area contributed by atoms with Gasteiger partial charge < -0.3 is 5.11 Å². The number of sulfonamides is 1. The van der Waals surface area contributed by atoms with E-state index in [-0.39, 0.29) is 17.4 Å². The molecule has 0 spiro atoms. The molecule has 3 atom stereocenters. The number of rotatable bonds is 4. The van der Waals surface area contributed by atoms with Gasteiger partial charge in [-0.3, -0.25) is 0 Å². The fraction of sp³-hybridized carbons (Fsp3) is 0.571. The predicted molar refractivity (Wildman–Crippen MR) is 79.7 cm³/mol. The van der Waals surface area contributed by atoms with Crippen LogP contribution in [-0.2, 0) is 10.0 Å². The SMILES string of the molecule is O=S(=O)(c1ccccc1)N(Br)C1(CO)CC2CCC1C2. The van der Waals surface area contributed by atoms with Crippen LogP contribution in [0.2, 0.25) is 0 Å². The zero-order valence-corrected chi connectivity index (χ0v) is 13.5. The zero-order valence-electron chi connectivity index (χ0n) is 11.1. The molecule has 1 N–H and O–H groups in total. The summed E-state index contributed by atoms with van der Waals surface area (Å²) in [4.78, 5) is 0.257. The third-order valence-corrected chi connectivity index (χ3v) is 8.32. The van der Waals surface area contributed by atoms with Gasteiger partial charge in [-0.25, -0.2) is 8.42 Å². The van der Waals surface area contributed by atoms with Crippen LogP contribution in [0.15, 0.2) is 35.2 Å². The predicted octanol–water partition coefficient (Wildman–Crippen LogP) is 2.54. The molecule has 0 heterocycles. The maximum Gasteiger partial charge on any atom is 0.253 e. The Morgan fingerprint density at radius 1 is 1.30 bits per heavy atom. The molecule has 2 aliphatic rings. The fourth-order valence-electron chi connectivity index (χ4n) is 3.80. The van der Waals surface area contributed by atoms with Crippen LogP contribution in [0.5, 0.6) is 0 Å². The van der Waals surface area contributed by atoms with Gasteiger partial charge >= 0.3 is 0 Å². The molecule has 0 radical (unpaired) electrons. The first kappa shape index (κ1) is 14.5. The van der Waals surface area contributed by atoms with Crippen molar-refractivity contribution in [2.24, 2.45) is 11.8 Å². The second-order valence-electron chi connectivity index (χ2n) is 5.87. The van der Waals surface area contributed by atoms with Crippen molar-refractivity contribution in [1.82, 2.24) is 3.33 Å². The lowest BCUT2D eigenvalue weighted by molar-refractivity contribution is 0.0895. The Kier molecular flexibility index (Phi) is 3.69. The highest BCUT2D eigenvalue weighted by Gasteiger charge is 2.56. The molecule has 3 rings (SSSR count). The van der Waals surface area contributed by atoms with Crippen molar-refractivity contribution >= 4 is 26.2 Å². The molecule has 2 aliphatic carbocycles. The number of hydrogen-bond acceptors (Lipinski definition) is 3. The van der Waals surface area contributed by atoms with E-state index in [0.29, 0.717) is 5.92 Å². The van der Waals surface area contributed by atoms with Crippen LogP contribution in [0, 0.1) is 11.8 Å². The van der Waals surface area contributed by atoms with E-state index in [1.54, 1.807) is 30.3 Å². The highest BCUT2D eigenvalue weighted by molar-refractivity contribution is 9.08. The number of nitrogens with zero attached hydrogens (tertiary/aromatic N) is 1. The summed E-state index contributed by atoms with van der Waals surface area (Å²) in [6, 6.07) is 8.38. The summed E-state index contributed by atoms with van der Waals surface area (Å²) < 4.78 is 26.7. The number of aliphatic hydroxyl groups excluding tert-OH is 1. The number of fused-ring (bicyclic) bond motifs is 2. The van der Waals surface area contributed by atoms with Crippen LogP contribution in [0.1, 0.15) is 25.7 Å².